The van der Waals surface area contributed by atoms with E-state index in [9.17, 15) is 9.36 Å². The summed E-state index contributed by atoms with van der Waals surface area (Å²) in [7, 11) is -4.06. The highest BCUT2D eigenvalue weighted by molar-refractivity contribution is 7.51. The van der Waals surface area contributed by atoms with Gasteiger partial charge in [0.1, 0.15) is 5.75 Å². The van der Waals surface area contributed by atoms with Gasteiger partial charge in [0, 0.05) is 11.3 Å². The number of carbonyl (C=O) groups excluding carboxylic acids is 1. The molecule has 0 saturated carbocycles. The summed E-state index contributed by atoms with van der Waals surface area (Å²) in [5.41, 5.74) is 3.92. The predicted octanol–water partition coefficient (Wildman–Crippen LogP) is 7.07. The number of ether oxygens (including phenoxy) is 1. The number of hydrogen-bond donors (Lipinski definition) is 3. The number of nitrogens with one attached hydrogen (secondary N) is 1. The number of anilines is 1. The van der Waals surface area contributed by atoms with Gasteiger partial charge in [-0.1, -0.05) is 75.4 Å². The highest BCUT2D eigenvalue weighted by atomic mass is 31.2. The summed E-state index contributed by atoms with van der Waals surface area (Å²) in [5, 5.41) is 2.85. The standard InChI is InChI=1S/C29H36NO5P/c1-2-3-4-5-6-7-20-35-28-17-15-25(16-18-28)24-11-13-26(14-12-24)29(31)30-27-10-8-9-23(22-27)19-21-36(32,33)34/h8-18,22H,2-7,19-21H2,1H3,(H,30,31)(H2,32,33,34). The van der Waals surface area contributed by atoms with Crippen molar-refractivity contribution < 1.29 is 23.9 Å². The fourth-order valence-corrected chi connectivity index (χ4v) is 4.46. The summed E-state index contributed by atoms with van der Waals surface area (Å²) in [6.07, 6.45) is 7.46. The molecule has 0 atom stereocenters. The number of hydrogen-bond acceptors (Lipinski definition) is 3. The first-order valence-corrected chi connectivity index (χ1v) is 14.4. The van der Waals surface area contributed by atoms with E-state index in [-0.39, 0.29) is 18.5 Å². The third kappa shape index (κ3) is 9.62. The van der Waals surface area contributed by atoms with E-state index in [4.69, 9.17) is 14.5 Å². The first-order valence-electron chi connectivity index (χ1n) is 12.6. The number of carbonyl (C=O) groups is 1. The maximum atomic E-state index is 12.7. The van der Waals surface area contributed by atoms with Gasteiger partial charge in [0.2, 0.25) is 0 Å². The van der Waals surface area contributed by atoms with Gasteiger partial charge in [-0.05, 0) is 65.9 Å². The Hall–Kier alpha value is -2.92. The molecule has 0 spiro atoms. The number of benzene rings is 3. The van der Waals surface area contributed by atoms with Crippen LogP contribution in [0.3, 0.4) is 0 Å². The molecule has 1 amide bonds. The summed E-state index contributed by atoms with van der Waals surface area (Å²) in [6, 6.07) is 22.4. The average molecular weight is 510 g/mol. The van der Waals surface area contributed by atoms with Gasteiger partial charge in [-0.15, -0.1) is 0 Å². The molecule has 0 aromatic heterocycles. The zero-order chi connectivity index (χ0) is 25.8. The lowest BCUT2D eigenvalue weighted by molar-refractivity contribution is 0.102. The summed E-state index contributed by atoms with van der Waals surface area (Å²) in [6.45, 7) is 2.96. The molecule has 0 unspecified atom stereocenters. The zero-order valence-electron chi connectivity index (χ0n) is 20.9. The first-order chi connectivity index (χ1) is 17.3. The van der Waals surface area contributed by atoms with Gasteiger partial charge in [0.15, 0.2) is 0 Å². The number of unbranched alkanes of at least 4 members (excludes halogenated alkanes) is 5. The molecule has 0 saturated heterocycles. The maximum Gasteiger partial charge on any atom is 0.325 e. The third-order valence-corrected chi connectivity index (χ3v) is 6.78. The Morgan fingerprint density at radius 3 is 2.17 bits per heavy atom. The van der Waals surface area contributed by atoms with E-state index in [2.05, 4.69) is 12.2 Å². The van der Waals surface area contributed by atoms with Gasteiger partial charge in [-0.25, -0.2) is 0 Å². The second kappa shape index (κ2) is 14.0. The van der Waals surface area contributed by atoms with Gasteiger partial charge in [0.25, 0.3) is 5.91 Å². The lowest BCUT2D eigenvalue weighted by atomic mass is 10.0. The topological polar surface area (TPSA) is 95.9 Å². The summed E-state index contributed by atoms with van der Waals surface area (Å²) < 4.78 is 17.0. The molecule has 0 heterocycles. The molecule has 0 aliphatic carbocycles. The Balaban J connectivity index is 1.50. The minimum absolute atomic E-state index is 0.224. The number of rotatable bonds is 14. The molecular weight excluding hydrogens is 473 g/mol. The molecule has 36 heavy (non-hydrogen) atoms. The van der Waals surface area contributed by atoms with Crippen molar-refractivity contribution in [2.75, 3.05) is 18.1 Å². The van der Waals surface area contributed by atoms with Crippen LogP contribution in [0, 0.1) is 0 Å². The molecule has 3 rings (SSSR count). The molecule has 3 aromatic rings. The fraction of sp³-hybridized carbons (Fsp3) is 0.345. The Bertz CT molecular complexity index is 1140. The van der Waals surface area contributed by atoms with Crippen LogP contribution in [0.1, 0.15) is 61.4 Å². The third-order valence-electron chi connectivity index (χ3n) is 5.98. The van der Waals surface area contributed by atoms with Crippen molar-refractivity contribution in [3.05, 3.63) is 83.9 Å². The van der Waals surface area contributed by atoms with Crippen LogP contribution in [0.5, 0.6) is 5.75 Å². The van der Waals surface area contributed by atoms with Crippen LogP contribution < -0.4 is 10.1 Å². The second-order valence-electron chi connectivity index (χ2n) is 9.01. The molecule has 192 valence electrons. The highest BCUT2D eigenvalue weighted by Gasteiger charge is 2.13. The highest BCUT2D eigenvalue weighted by Crippen LogP contribution is 2.35. The van der Waals surface area contributed by atoms with Crippen LogP contribution in [-0.2, 0) is 11.0 Å². The zero-order valence-corrected chi connectivity index (χ0v) is 21.8. The molecule has 7 heteroatoms. The summed E-state index contributed by atoms with van der Waals surface area (Å²) in [4.78, 5) is 30.8. The van der Waals surface area contributed by atoms with Crippen molar-refractivity contribution in [2.45, 2.75) is 51.9 Å². The van der Waals surface area contributed by atoms with E-state index in [0.717, 1.165) is 35.5 Å². The van der Waals surface area contributed by atoms with Crippen molar-refractivity contribution in [2.24, 2.45) is 0 Å². The van der Waals surface area contributed by atoms with Crippen LogP contribution >= 0.6 is 7.60 Å². The van der Waals surface area contributed by atoms with Crippen LogP contribution in [0.15, 0.2) is 72.8 Å². The molecule has 0 fully saturated rings. The normalized spacial score (nSPS) is 11.3. The van der Waals surface area contributed by atoms with E-state index in [1.807, 2.05) is 36.4 Å². The van der Waals surface area contributed by atoms with Gasteiger partial charge in [-0.2, -0.15) is 0 Å². The monoisotopic (exact) mass is 509 g/mol. The van der Waals surface area contributed by atoms with E-state index >= 15 is 0 Å². The molecule has 0 aliphatic rings. The van der Waals surface area contributed by atoms with Crippen LogP contribution in [0.4, 0.5) is 5.69 Å². The second-order valence-corrected chi connectivity index (χ2v) is 10.8. The van der Waals surface area contributed by atoms with Crippen LogP contribution in [-0.4, -0.2) is 28.5 Å². The maximum absolute atomic E-state index is 12.7. The lowest BCUT2D eigenvalue weighted by Crippen LogP contribution is -2.12. The van der Waals surface area contributed by atoms with Crippen LogP contribution in [0.2, 0.25) is 0 Å². The quantitative estimate of drug-likeness (QED) is 0.160. The Labute approximate surface area is 213 Å². The molecule has 0 aliphatic heterocycles. The minimum atomic E-state index is -4.06. The average Bonchev–Trinajstić information content (AvgIpc) is 2.87. The van der Waals surface area contributed by atoms with E-state index in [1.54, 1.807) is 36.4 Å². The van der Waals surface area contributed by atoms with E-state index < -0.39 is 7.60 Å². The minimum Gasteiger partial charge on any atom is -0.494 e. The molecule has 0 radical (unpaired) electrons. The smallest absolute Gasteiger partial charge is 0.325 e. The molecule has 0 bridgehead atoms. The molecule has 6 nitrogen and oxygen atoms in total. The van der Waals surface area contributed by atoms with Gasteiger partial charge >= 0.3 is 7.60 Å². The SMILES string of the molecule is CCCCCCCCOc1ccc(-c2ccc(C(=O)Nc3cccc(CCP(=O)(O)O)c3)cc2)cc1. The summed E-state index contributed by atoms with van der Waals surface area (Å²) >= 11 is 0. The Kier molecular flexibility index (Phi) is 10.7. The Morgan fingerprint density at radius 1 is 0.861 bits per heavy atom. The van der Waals surface area contributed by atoms with Crippen molar-refractivity contribution in [1.29, 1.82) is 0 Å². The number of aryl methyl sites for hydroxylation is 1. The molecule has 3 N–H and O–H groups in total. The van der Waals surface area contributed by atoms with Crippen molar-refractivity contribution in [1.82, 2.24) is 0 Å². The summed E-state index contributed by atoms with van der Waals surface area (Å²) in [5.74, 6) is 0.624. The molecular formula is C29H36NO5P. The van der Waals surface area contributed by atoms with Gasteiger partial charge in [0.05, 0.1) is 12.8 Å². The lowest BCUT2D eigenvalue weighted by Gasteiger charge is -2.10. The first kappa shape index (κ1) is 27.7. The van der Waals surface area contributed by atoms with E-state index in [1.165, 1.54) is 32.1 Å². The van der Waals surface area contributed by atoms with Crippen molar-refractivity contribution >= 4 is 19.2 Å². The number of amides is 1. The largest absolute Gasteiger partial charge is 0.494 e. The van der Waals surface area contributed by atoms with Gasteiger partial charge < -0.3 is 19.8 Å². The van der Waals surface area contributed by atoms with E-state index in [0.29, 0.717) is 11.3 Å². The Morgan fingerprint density at radius 2 is 1.50 bits per heavy atom. The van der Waals surface area contributed by atoms with Crippen LogP contribution in [0.25, 0.3) is 11.1 Å². The van der Waals surface area contributed by atoms with Crippen molar-refractivity contribution in [3.8, 4) is 16.9 Å². The van der Waals surface area contributed by atoms with Crippen molar-refractivity contribution in [3.63, 3.8) is 0 Å². The predicted molar refractivity (Wildman–Crippen MR) is 146 cm³/mol. The fourth-order valence-electron chi connectivity index (χ4n) is 3.91. The molecule has 3 aromatic carbocycles. The van der Waals surface area contributed by atoms with Gasteiger partial charge in [-0.3, -0.25) is 9.36 Å².